The van der Waals surface area contributed by atoms with Crippen LogP contribution in [-0.4, -0.2) is 60.5 Å². The minimum atomic E-state index is -0.904. The SMILES string of the molecule is CCC(CCC(CCC(C)C(=O)O)C(=O)Nc1ccc(NC(=O)C(=NCc2cc(C(=O)OC)ccc2C(=O)OC)C(C)=O)cc1)c1ccccc1. The summed E-state index contributed by atoms with van der Waals surface area (Å²) in [4.78, 5) is 79.0. The van der Waals surface area contributed by atoms with Gasteiger partial charge in [-0.2, -0.15) is 0 Å². The summed E-state index contributed by atoms with van der Waals surface area (Å²) in [7, 11) is 2.41. The monoisotopic (exact) mass is 699 g/mol. The molecule has 0 saturated carbocycles. The van der Waals surface area contributed by atoms with Gasteiger partial charge in [-0.15, -0.1) is 0 Å². The third-order valence-electron chi connectivity index (χ3n) is 8.67. The van der Waals surface area contributed by atoms with Gasteiger partial charge in [-0.1, -0.05) is 44.2 Å². The Hall–Kier alpha value is -5.65. The largest absolute Gasteiger partial charge is 0.481 e. The number of carboxylic acids is 1. The van der Waals surface area contributed by atoms with Gasteiger partial charge in [0.25, 0.3) is 5.91 Å². The van der Waals surface area contributed by atoms with Crippen LogP contribution in [0.15, 0.2) is 77.8 Å². The number of esters is 2. The number of nitrogens with zero attached hydrogens (tertiary/aromatic N) is 1. The Morgan fingerprint density at radius 3 is 1.96 bits per heavy atom. The fraction of sp³-hybridized carbons (Fsp3) is 0.359. The van der Waals surface area contributed by atoms with Gasteiger partial charge in [-0.3, -0.25) is 24.2 Å². The number of rotatable bonds is 18. The number of hydrogen-bond donors (Lipinski definition) is 3. The highest BCUT2D eigenvalue weighted by Crippen LogP contribution is 2.29. The lowest BCUT2D eigenvalue weighted by Gasteiger charge is -2.21. The second-order valence-corrected chi connectivity index (χ2v) is 12.2. The molecule has 3 aromatic carbocycles. The van der Waals surface area contributed by atoms with Gasteiger partial charge in [0.15, 0.2) is 11.5 Å². The van der Waals surface area contributed by atoms with Gasteiger partial charge in [0.2, 0.25) is 5.91 Å². The van der Waals surface area contributed by atoms with Crippen LogP contribution in [0, 0.1) is 11.8 Å². The fourth-order valence-corrected chi connectivity index (χ4v) is 5.57. The third-order valence-corrected chi connectivity index (χ3v) is 8.67. The van der Waals surface area contributed by atoms with E-state index in [2.05, 4.69) is 34.7 Å². The van der Waals surface area contributed by atoms with Crippen LogP contribution >= 0.6 is 0 Å². The van der Waals surface area contributed by atoms with Crippen molar-refractivity contribution in [3.05, 3.63) is 95.1 Å². The fourth-order valence-electron chi connectivity index (χ4n) is 5.57. The molecule has 0 spiro atoms. The molecule has 12 heteroatoms. The molecule has 0 radical (unpaired) electrons. The molecule has 0 aliphatic rings. The van der Waals surface area contributed by atoms with Crippen molar-refractivity contribution >= 4 is 52.6 Å². The van der Waals surface area contributed by atoms with E-state index in [1.807, 2.05) is 18.2 Å². The van der Waals surface area contributed by atoms with E-state index in [-0.39, 0.29) is 35.1 Å². The highest BCUT2D eigenvalue weighted by atomic mass is 16.5. The van der Waals surface area contributed by atoms with E-state index in [1.165, 1.54) is 44.9 Å². The summed E-state index contributed by atoms with van der Waals surface area (Å²) in [6.45, 7) is 4.64. The van der Waals surface area contributed by atoms with E-state index in [1.54, 1.807) is 31.2 Å². The molecule has 0 aliphatic carbocycles. The van der Waals surface area contributed by atoms with Crippen LogP contribution in [0.25, 0.3) is 0 Å². The zero-order chi connectivity index (χ0) is 37.5. The van der Waals surface area contributed by atoms with Gasteiger partial charge in [-0.05, 0) is 91.6 Å². The van der Waals surface area contributed by atoms with E-state index in [0.717, 1.165) is 12.8 Å². The number of Topliss-reactive ketones (excluding diaryl/α,β-unsaturated/α-hetero) is 1. The van der Waals surface area contributed by atoms with Crippen LogP contribution in [0.4, 0.5) is 11.4 Å². The van der Waals surface area contributed by atoms with Crippen LogP contribution in [0.2, 0.25) is 0 Å². The Balaban J connectivity index is 1.72. The van der Waals surface area contributed by atoms with Crippen LogP contribution in [-0.2, 0) is 35.2 Å². The summed E-state index contributed by atoms with van der Waals surface area (Å²) >= 11 is 0. The van der Waals surface area contributed by atoms with E-state index < -0.39 is 47.1 Å². The maximum Gasteiger partial charge on any atom is 0.338 e. The van der Waals surface area contributed by atoms with Crippen molar-refractivity contribution in [2.45, 2.75) is 65.3 Å². The number of ketones is 1. The maximum absolute atomic E-state index is 13.5. The first-order valence-electron chi connectivity index (χ1n) is 16.7. The molecule has 270 valence electrons. The highest BCUT2D eigenvalue weighted by molar-refractivity contribution is 6.67. The van der Waals surface area contributed by atoms with Crippen molar-refractivity contribution in [2.24, 2.45) is 16.8 Å². The lowest BCUT2D eigenvalue weighted by molar-refractivity contribution is -0.141. The molecule has 0 bridgehead atoms. The second kappa shape index (κ2) is 19.5. The number of carbonyl (C=O) groups is 6. The van der Waals surface area contributed by atoms with Gasteiger partial charge < -0.3 is 25.2 Å². The molecule has 3 aromatic rings. The van der Waals surface area contributed by atoms with Crippen molar-refractivity contribution in [1.82, 2.24) is 0 Å². The first-order chi connectivity index (χ1) is 24.4. The van der Waals surface area contributed by atoms with Crippen LogP contribution in [0.3, 0.4) is 0 Å². The Kier molecular flexibility index (Phi) is 15.2. The number of ether oxygens (including phenoxy) is 2. The molecular formula is C39H45N3O9. The predicted octanol–water partition coefficient (Wildman–Crippen LogP) is 6.46. The minimum Gasteiger partial charge on any atom is -0.481 e. The topological polar surface area (TPSA) is 178 Å². The van der Waals surface area contributed by atoms with Crippen LogP contribution < -0.4 is 10.6 Å². The quantitative estimate of drug-likeness (QED) is 0.0764. The lowest BCUT2D eigenvalue weighted by Crippen LogP contribution is -2.29. The Labute approximate surface area is 297 Å². The van der Waals surface area contributed by atoms with Crippen molar-refractivity contribution < 1.29 is 43.3 Å². The first kappa shape index (κ1) is 39.8. The summed E-state index contributed by atoms with van der Waals surface area (Å²) in [5.74, 6) is -4.59. The normalized spacial score (nSPS) is 12.9. The predicted molar refractivity (Wildman–Crippen MR) is 193 cm³/mol. The average molecular weight is 700 g/mol. The van der Waals surface area contributed by atoms with Gasteiger partial charge >= 0.3 is 17.9 Å². The molecule has 3 unspecified atom stereocenters. The van der Waals surface area contributed by atoms with Gasteiger partial charge in [-0.25, -0.2) is 9.59 Å². The number of hydrogen-bond acceptors (Lipinski definition) is 9. The Morgan fingerprint density at radius 2 is 1.39 bits per heavy atom. The van der Waals surface area contributed by atoms with Gasteiger partial charge in [0.05, 0.1) is 37.8 Å². The molecule has 51 heavy (non-hydrogen) atoms. The standard InChI is InChI=1S/C39H45N3O9/c1-6-26(27-10-8-7-9-11-27)14-15-28(13-12-24(2)37(46)47)35(44)41-31-17-19-32(20-18-31)42-36(45)34(25(3)43)40-23-30-22-29(38(48)50-4)16-21-33(30)39(49)51-5/h7-11,16-22,24,26,28H,6,12-15,23H2,1-5H3,(H,41,44)(H,42,45)(H,46,47). The summed E-state index contributed by atoms with van der Waals surface area (Å²) in [5, 5.41) is 14.9. The molecule has 0 saturated heterocycles. The molecule has 0 aromatic heterocycles. The van der Waals surface area contributed by atoms with Crippen molar-refractivity contribution in [3.63, 3.8) is 0 Å². The minimum absolute atomic E-state index is 0.106. The molecule has 12 nitrogen and oxygen atoms in total. The van der Waals surface area contributed by atoms with Gasteiger partial charge in [0.1, 0.15) is 0 Å². The van der Waals surface area contributed by atoms with Crippen molar-refractivity contribution in [1.29, 1.82) is 0 Å². The zero-order valence-electron chi connectivity index (χ0n) is 29.6. The summed E-state index contributed by atoms with van der Waals surface area (Å²) in [6, 6.07) is 20.6. The number of amides is 2. The van der Waals surface area contributed by atoms with Crippen molar-refractivity contribution in [3.8, 4) is 0 Å². The van der Waals surface area contributed by atoms with E-state index >= 15 is 0 Å². The number of aliphatic carboxylic acids is 1. The molecule has 3 N–H and O–H groups in total. The van der Waals surface area contributed by atoms with Crippen molar-refractivity contribution in [2.75, 3.05) is 24.9 Å². The smallest absolute Gasteiger partial charge is 0.338 e. The van der Waals surface area contributed by atoms with E-state index in [0.29, 0.717) is 30.6 Å². The summed E-state index contributed by atoms with van der Waals surface area (Å²) in [5.41, 5.74) is 2.10. The summed E-state index contributed by atoms with van der Waals surface area (Å²) in [6.07, 6.45) is 3.04. The van der Waals surface area contributed by atoms with Crippen LogP contribution in [0.1, 0.15) is 90.6 Å². The molecule has 3 rings (SSSR count). The molecule has 0 heterocycles. The molecule has 3 atom stereocenters. The average Bonchev–Trinajstić information content (AvgIpc) is 3.13. The number of benzene rings is 3. The zero-order valence-corrected chi connectivity index (χ0v) is 29.6. The Bertz CT molecular complexity index is 1740. The Morgan fingerprint density at radius 1 is 0.784 bits per heavy atom. The molecule has 2 amide bonds. The van der Waals surface area contributed by atoms with Gasteiger partial charge in [0, 0.05) is 24.2 Å². The van der Waals surface area contributed by atoms with E-state index in [4.69, 9.17) is 9.47 Å². The second-order valence-electron chi connectivity index (χ2n) is 12.2. The lowest BCUT2D eigenvalue weighted by atomic mass is 9.85. The number of carboxylic acid groups (broad SMARTS) is 1. The number of aliphatic imine (C=N–C) groups is 1. The molecule has 0 fully saturated rings. The number of nitrogens with one attached hydrogen (secondary N) is 2. The number of carbonyl (C=O) groups excluding carboxylic acids is 5. The van der Waals surface area contributed by atoms with E-state index in [9.17, 15) is 33.9 Å². The highest BCUT2D eigenvalue weighted by Gasteiger charge is 2.24. The first-order valence-corrected chi connectivity index (χ1v) is 16.7. The molecular weight excluding hydrogens is 654 g/mol. The number of methoxy groups -OCH3 is 2. The molecule has 0 aliphatic heterocycles. The third kappa shape index (κ3) is 11.7. The summed E-state index contributed by atoms with van der Waals surface area (Å²) < 4.78 is 9.55. The van der Waals surface area contributed by atoms with Crippen LogP contribution in [0.5, 0.6) is 0 Å². The number of anilines is 2. The maximum atomic E-state index is 13.5.